The van der Waals surface area contributed by atoms with Crippen molar-refractivity contribution in [2.45, 2.75) is 13.0 Å². The Morgan fingerprint density at radius 1 is 1.29 bits per heavy atom. The highest BCUT2D eigenvalue weighted by atomic mass is 32.1. The van der Waals surface area contributed by atoms with Crippen molar-refractivity contribution >= 4 is 22.7 Å². The maximum Gasteiger partial charge on any atom is 0.0676 e. The predicted octanol–water partition coefficient (Wildman–Crippen LogP) is 3.43. The summed E-state index contributed by atoms with van der Waals surface area (Å²) in [4.78, 5) is 2.76. The molecule has 0 radical (unpaired) electrons. The Morgan fingerprint density at radius 3 is 2.64 bits per heavy atom. The van der Waals surface area contributed by atoms with Crippen LogP contribution >= 0.6 is 22.7 Å². The van der Waals surface area contributed by atoms with E-state index in [9.17, 15) is 0 Å². The standard InChI is InChI=1S/C11H13NS2/c1-8-3-4-10(14-8)11(12-2)9-5-6-13-7-9/h3-7,11-12H,1-2H3. The summed E-state index contributed by atoms with van der Waals surface area (Å²) < 4.78 is 0. The van der Waals surface area contributed by atoms with Gasteiger partial charge in [0.2, 0.25) is 0 Å². The van der Waals surface area contributed by atoms with Crippen LogP contribution < -0.4 is 5.32 Å². The minimum atomic E-state index is 0.361. The molecule has 2 heterocycles. The Morgan fingerprint density at radius 2 is 2.14 bits per heavy atom. The van der Waals surface area contributed by atoms with Crippen molar-refractivity contribution in [2.24, 2.45) is 0 Å². The van der Waals surface area contributed by atoms with Gasteiger partial charge in [0.1, 0.15) is 0 Å². The molecule has 0 aliphatic rings. The van der Waals surface area contributed by atoms with E-state index in [4.69, 9.17) is 0 Å². The molecule has 2 aromatic rings. The first-order chi connectivity index (χ1) is 6.81. The fourth-order valence-corrected chi connectivity index (χ4v) is 3.22. The summed E-state index contributed by atoms with van der Waals surface area (Å²) >= 11 is 3.61. The maximum absolute atomic E-state index is 3.35. The van der Waals surface area contributed by atoms with Gasteiger partial charge in [-0.05, 0) is 48.5 Å². The zero-order chi connectivity index (χ0) is 9.97. The van der Waals surface area contributed by atoms with Gasteiger partial charge in [0.15, 0.2) is 0 Å². The molecule has 3 heteroatoms. The summed E-state index contributed by atoms with van der Waals surface area (Å²) in [6.07, 6.45) is 0. The van der Waals surface area contributed by atoms with Crippen molar-refractivity contribution in [3.05, 3.63) is 44.3 Å². The van der Waals surface area contributed by atoms with Crippen LogP contribution in [0, 0.1) is 6.92 Å². The van der Waals surface area contributed by atoms with Crippen LogP contribution in [0.2, 0.25) is 0 Å². The van der Waals surface area contributed by atoms with Crippen LogP contribution in [0.3, 0.4) is 0 Å². The van der Waals surface area contributed by atoms with Crippen LogP contribution in [-0.4, -0.2) is 7.05 Å². The molecule has 0 bridgehead atoms. The van der Waals surface area contributed by atoms with Crippen molar-refractivity contribution in [2.75, 3.05) is 7.05 Å². The highest BCUT2D eigenvalue weighted by Gasteiger charge is 2.13. The first kappa shape index (κ1) is 9.90. The van der Waals surface area contributed by atoms with Crippen LogP contribution in [-0.2, 0) is 0 Å². The smallest absolute Gasteiger partial charge is 0.0676 e. The summed E-state index contributed by atoms with van der Waals surface area (Å²) in [6, 6.07) is 6.93. The highest BCUT2D eigenvalue weighted by molar-refractivity contribution is 7.12. The van der Waals surface area contributed by atoms with Gasteiger partial charge in [0, 0.05) is 9.75 Å². The molecule has 1 unspecified atom stereocenters. The van der Waals surface area contributed by atoms with E-state index in [-0.39, 0.29) is 0 Å². The molecular formula is C11H13NS2. The lowest BCUT2D eigenvalue weighted by Gasteiger charge is -2.12. The molecule has 1 N–H and O–H groups in total. The molecule has 0 aliphatic carbocycles. The lowest BCUT2D eigenvalue weighted by Crippen LogP contribution is -2.15. The first-order valence-corrected chi connectivity index (χ1v) is 6.33. The fourth-order valence-electron chi connectivity index (χ4n) is 1.52. The molecule has 0 aliphatic heterocycles. The third-order valence-corrected chi connectivity index (χ3v) is 3.98. The van der Waals surface area contributed by atoms with Crippen LogP contribution in [0.1, 0.15) is 21.4 Å². The van der Waals surface area contributed by atoms with E-state index in [0.717, 1.165) is 0 Å². The number of thiophene rings is 2. The summed E-state index contributed by atoms with van der Waals surface area (Å²) in [7, 11) is 2.01. The molecule has 0 saturated carbocycles. The van der Waals surface area contributed by atoms with Gasteiger partial charge in [0.25, 0.3) is 0 Å². The Balaban J connectivity index is 2.31. The minimum Gasteiger partial charge on any atom is -0.309 e. The van der Waals surface area contributed by atoms with Gasteiger partial charge >= 0.3 is 0 Å². The second-order valence-electron chi connectivity index (χ2n) is 3.23. The maximum atomic E-state index is 3.35. The van der Waals surface area contributed by atoms with Crippen molar-refractivity contribution in [3.8, 4) is 0 Å². The third-order valence-electron chi connectivity index (χ3n) is 2.21. The van der Waals surface area contributed by atoms with Gasteiger partial charge in [-0.3, -0.25) is 0 Å². The van der Waals surface area contributed by atoms with Gasteiger partial charge in [0.05, 0.1) is 6.04 Å². The largest absolute Gasteiger partial charge is 0.309 e. The highest BCUT2D eigenvalue weighted by Crippen LogP contribution is 2.28. The summed E-state index contributed by atoms with van der Waals surface area (Å²) in [5.74, 6) is 0. The molecular weight excluding hydrogens is 210 g/mol. The van der Waals surface area contributed by atoms with Crippen molar-refractivity contribution in [1.82, 2.24) is 5.32 Å². The van der Waals surface area contributed by atoms with Gasteiger partial charge in [-0.2, -0.15) is 11.3 Å². The van der Waals surface area contributed by atoms with Gasteiger partial charge in [-0.1, -0.05) is 0 Å². The van der Waals surface area contributed by atoms with Gasteiger partial charge in [-0.15, -0.1) is 11.3 Å². The molecule has 2 aromatic heterocycles. The Hall–Kier alpha value is -0.640. The topological polar surface area (TPSA) is 12.0 Å². The van der Waals surface area contributed by atoms with Gasteiger partial charge in [-0.25, -0.2) is 0 Å². The lowest BCUT2D eigenvalue weighted by atomic mass is 10.1. The zero-order valence-electron chi connectivity index (χ0n) is 8.28. The Labute approximate surface area is 92.4 Å². The number of nitrogens with one attached hydrogen (secondary N) is 1. The van der Waals surface area contributed by atoms with E-state index in [1.54, 1.807) is 11.3 Å². The average Bonchev–Trinajstić information content (AvgIpc) is 2.79. The van der Waals surface area contributed by atoms with Crippen LogP contribution in [0.15, 0.2) is 29.0 Å². The van der Waals surface area contributed by atoms with Crippen molar-refractivity contribution in [3.63, 3.8) is 0 Å². The summed E-state index contributed by atoms with van der Waals surface area (Å²) in [6.45, 7) is 2.15. The molecule has 0 aromatic carbocycles. The SMILES string of the molecule is CNC(c1ccsc1)c1ccc(C)s1. The second-order valence-corrected chi connectivity index (χ2v) is 5.33. The average molecular weight is 223 g/mol. The molecule has 0 fully saturated rings. The molecule has 14 heavy (non-hydrogen) atoms. The zero-order valence-corrected chi connectivity index (χ0v) is 9.91. The summed E-state index contributed by atoms with van der Waals surface area (Å²) in [5, 5.41) is 7.68. The summed E-state index contributed by atoms with van der Waals surface area (Å²) in [5.41, 5.74) is 1.36. The molecule has 0 saturated heterocycles. The fraction of sp³-hybridized carbons (Fsp3) is 0.273. The number of rotatable bonds is 3. The van der Waals surface area contributed by atoms with Crippen LogP contribution in [0.5, 0.6) is 0 Å². The quantitative estimate of drug-likeness (QED) is 0.840. The van der Waals surface area contributed by atoms with E-state index >= 15 is 0 Å². The monoisotopic (exact) mass is 223 g/mol. The van der Waals surface area contributed by atoms with Crippen molar-refractivity contribution < 1.29 is 0 Å². The number of aryl methyl sites for hydroxylation is 1. The second kappa shape index (κ2) is 4.26. The Bertz CT molecular complexity index is 389. The van der Waals surface area contributed by atoms with E-state index < -0.39 is 0 Å². The predicted molar refractivity (Wildman–Crippen MR) is 64.3 cm³/mol. The van der Waals surface area contributed by atoms with E-state index in [0.29, 0.717) is 6.04 Å². The molecule has 1 atom stereocenters. The van der Waals surface area contributed by atoms with Crippen LogP contribution in [0.4, 0.5) is 0 Å². The van der Waals surface area contributed by atoms with Gasteiger partial charge < -0.3 is 5.32 Å². The molecule has 0 amide bonds. The number of hydrogen-bond acceptors (Lipinski definition) is 3. The van der Waals surface area contributed by atoms with E-state index in [1.807, 2.05) is 18.4 Å². The van der Waals surface area contributed by atoms with E-state index in [1.165, 1.54) is 15.3 Å². The normalized spacial score (nSPS) is 13.0. The number of hydrogen-bond donors (Lipinski definition) is 1. The lowest BCUT2D eigenvalue weighted by molar-refractivity contribution is 0.706. The first-order valence-electron chi connectivity index (χ1n) is 4.57. The molecule has 0 spiro atoms. The Kier molecular flexibility index (Phi) is 3.01. The van der Waals surface area contributed by atoms with Crippen LogP contribution in [0.25, 0.3) is 0 Å². The molecule has 74 valence electrons. The van der Waals surface area contributed by atoms with Crippen molar-refractivity contribution in [1.29, 1.82) is 0 Å². The third kappa shape index (κ3) is 1.90. The van der Waals surface area contributed by atoms with E-state index in [2.05, 4.69) is 41.2 Å². The molecule has 1 nitrogen and oxygen atoms in total. The minimum absolute atomic E-state index is 0.361. The molecule has 2 rings (SSSR count).